The number of nitrogens with zero attached hydrogens (tertiary/aromatic N) is 1. The van der Waals surface area contributed by atoms with Crippen LogP contribution in [0.15, 0.2) is 24.3 Å². The largest absolute Gasteiger partial charge is 0.282 e. The van der Waals surface area contributed by atoms with Crippen LogP contribution in [0.25, 0.3) is 0 Å². The van der Waals surface area contributed by atoms with E-state index in [0.29, 0.717) is 6.04 Å². The third-order valence-corrected chi connectivity index (χ3v) is 2.64. The second kappa shape index (κ2) is 2.42. The lowest BCUT2D eigenvalue weighted by Gasteiger charge is -2.13. The Balaban J connectivity index is 2.47. The average molecular weight is 168 g/mol. The van der Waals surface area contributed by atoms with Crippen LogP contribution in [0.4, 0.5) is 5.69 Å². The van der Waals surface area contributed by atoms with Crippen molar-refractivity contribution in [3.05, 3.63) is 29.8 Å². The maximum absolute atomic E-state index is 6.03. The molecule has 0 N–H and O–H groups in total. The van der Waals surface area contributed by atoms with E-state index in [1.807, 2.05) is 10.5 Å². The van der Waals surface area contributed by atoms with Gasteiger partial charge in [0.1, 0.15) is 0 Å². The van der Waals surface area contributed by atoms with Gasteiger partial charge >= 0.3 is 0 Å². The molecule has 11 heavy (non-hydrogen) atoms. The smallest absolute Gasteiger partial charge is 0.0559 e. The standard InChI is InChI=1S/C9H10ClN/c1-7-6-8-4-2-3-5-9(8)11(7)10/h2-5,7H,6H2,1H3. The lowest BCUT2D eigenvalue weighted by Crippen LogP contribution is -2.17. The van der Waals surface area contributed by atoms with Crippen molar-refractivity contribution in [2.45, 2.75) is 19.4 Å². The molecule has 0 saturated carbocycles. The van der Waals surface area contributed by atoms with E-state index in [1.165, 1.54) is 11.3 Å². The van der Waals surface area contributed by atoms with Crippen LogP contribution in [0, 0.1) is 0 Å². The van der Waals surface area contributed by atoms with E-state index < -0.39 is 0 Å². The van der Waals surface area contributed by atoms with Crippen molar-refractivity contribution < 1.29 is 0 Å². The zero-order valence-electron chi connectivity index (χ0n) is 6.42. The molecule has 1 nitrogen and oxygen atoms in total. The van der Waals surface area contributed by atoms with E-state index in [9.17, 15) is 0 Å². The monoisotopic (exact) mass is 167 g/mol. The fourth-order valence-electron chi connectivity index (χ4n) is 1.53. The first kappa shape index (κ1) is 6.99. The van der Waals surface area contributed by atoms with Gasteiger partial charge in [-0.1, -0.05) is 18.2 Å². The molecule has 1 atom stereocenters. The van der Waals surface area contributed by atoms with Gasteiger partial charge in [0, 0.05) is 17.8 Å². The topological polar surface area (TPSA) is 3.24 Å². The minimum absolute atomic E-state index is 0.439. The summed E-state index contributed by atoms with van der Waals surface area (Å²) in [5.41, 5.74) is 2.52. The van der Waals surface area contributed by atoms with Crippen LogP contribution in [0.2, 0.25) is 0 Å². The van der Waals surface area contributed by atoms with Crippen molar-refractivity contribution in [2.75, 3.05) is 4.42 Å². The van der Waals surface area contributed by atoms with Gasteiger partial charge in [-0.25, -0.2) is 0 Å². The highest BCUT2D eigenvalue weighted by atomic mass is 35.5. The molecule has 0 aliphatic carbocycles. The van der Waals surface area contributed by atoms with Crippen molar-refractivity contribution in [1.29, 1.82) is 0 Å². The Morgan fingerprint density at radius 1 is 1.45 bits per heavy atom. The first-order valence-electron chi connectivity index (χ1n) is 3.82. The summed E-state index contributed by atoms with van der Waals surface area (Å²) in [6, 6.07) is 8.71. The molecule has 1 unspecified atom stereocenters. The molecule has 2 heteroatoms. The molecule has 1 aliphatic heterocycles. The van der Waals surface area contributed by atoms with Crippen LogP contribution < -0.4 is 4.42 Å². The molecule has 0 bridgehead atoms. The van der Waals surface area contributed by atoms with Gasteiger partial charge in [0.15, 0.2) is 0 Å². The average Bonchev–Trinajstić information content (AvgIpc) is 2.30. The Morgan fingerprint density at radius 2 is 2.18 bits per heavy atom. The van der Waals surface area contributed by atoms with E-state index in [1.54, 1.807) is 0 Å². The van der Waals surface area contributed by atoms with Gasteiger partial charge < -0.3 is 0 Å². The number of benzene rings is 1. The first-order valence-corrected chi connectivity index (χ1v) is 4.16. The molecular weight excluding hydrogens is 158 g/mol. The van der Waals surface area contributed by atoms with Crippen LogP contribution in [0.5, 0.6) is 0 Å². The lowest BCUT2D eigenvalue weighted by atomic mass is 10.1. The Kier molecular flexibility index (Phi) is 1.53. The summed E-state index contributed by atoms with van der Waals surface area (Å²) >= 11 is 6.03. The van der Waals surface area contributed by atoms with E-state index in [0.717, 1.165) is 6.42 Å². The highest BCUT2D eigenvalue weighted by Gasteiger charge is 2.23. The molecule has 0 aromatic heterocycles. The van der Waals surface area contributed by atoms with E-state index in [4.69, 9.17) is 11.8 Å². The molecule has 0 saturated heterocycles. The van der Waals surface area contributed by atoms with Gasteiger partial charge in [-0.2, -0.15) is 0 Å². The number of hydrogen-bond acceptors (Lipinski definition) is 1. The van der Waals surface area contributed by atoms with Crippen molar-refractivity contribution in [3.8, 4) is 0 Å². The maximum atomic E-state index is 6.03. The van der Waals surface area contributed by atoms with Crippen LogP contribution in [0.3, 0.4) is 0 Å². The van der Waals surface area contributed by atoms with Gasteiger partial charge in [0.25, 0.3) is 0 Å². The highest BCUT2D eigenvalue weighted by Crippen LogP contribution is 2.32. The van der Waals surface area contributed by atoms with Crippen LogP contribution in [0.1, 0.15) is 12.5 Å². The lowest BCUT2D eigenvalue weighted by molar-refractivity contribution is 0.789. The predicted octanol–water partition coefficient (Wildman–Crippen LogP) is 2.59. The van der Waals surface area contributed by atoms with Crippen LogP contribution in [-0.2, 0) is 6.42 Å². The summed E-state index contributed by atoms with van der Waals surface area (Å²) in [7, 11) is 0. The van der Waals surface area contributed by atoms with Crippen molar-refractivity contribution in [3.63, 3.8) is 0 Å². The summed E-state index contributed by atoms with van der Waals surface area (Å²) in [5.74, 6) is 0. The van der Waals surface area contributed by atoms with Gasteiger partial charge in [-0.3, -0.25) is 4.42 Å². The van der Waals surface area contributed by atoms with E-state index in [-0.39, 0.29) is 0 Å². The number of fused-ring (bicyclic) bond motifs is 1. The van der Waals surface area contributed by atoms with Gasteiger partial charge in [-0.15, -0.1) is 0 Å². The molecule has 0 radical (unpaired) electrons. The quantitative estimate of drug-likeness (QED) is 0.537. The zero-order valence-corrected chi connectivity index (χ0v) is 7.17. The molecule has 1 aromatic rings. The van der Waals surface area contributed by atoms with Crippen molar-refractivity contribution in [1.82, 2.24) is 0 Å². The molecule has 1 aromatic carbocycles. The number of halogens is 1. The second-order valence-corrected chi connectivity index (χ2v) is 3.36. The fourth-order valence-corrected chi connectivity index (χ4v) is 1.76. The molecule has 1 heterocycles. The van der Waals surface area contributed by atoms with Gasteiger partial charge in [0.05, 0.1) is 5.69 Å². The summed E-state index contributed by atoms with van der Waals surface area (Å²) in [6.45, 7) is 2.13. The Morgan fingerprint density at radius 3 is 2.91 bits per heavy atom. The van der Waals surface area contributed by atoms with E-state index in [2.05, 4.69) is 25.1 Å². The SMILES string of the molecule is CC1Cc2ccccc2N1Cl. The van der Waals surface area contributed by atoms with Gasteiger partial charge in [0.2, 0.25) is 0 Å². The Bertz CT molecular complexity index is 272. The number of hydrogen-bond donors (Lipinski definition) is 0. The molecule has 0 spiro atoms. The van der Waals surface area contributed by atoms with Crippen molar-refractivity contribution >= 4 is 17.5 Å². The zero-order chi connectivity index (χ0) is 7.84. The maximum Gasteiger partial charge on any atom is 0.0559 e. The Labute approximate surface area is 71.7 Å². The summed E-state index contributed by atoms with van der Waals surface area (Å²) in [4.78, 5) is 0. The first-order chi connectivity index (χ1) is 5.29. The van der Waals surface area contributed by atoms with Crippen molar-refractivity contribution in [2.24, 2.45) is 0 Å². The minimum atomic E-state index is 0.439. The summed E-state index contributed by atoms with van der Waals surface area (Å²) in [5, 5.41) is 0. The molecular formula is C9H10ClN. The minimum Gasteiger partial charge on any atom is -0.282 e. The van der Waals surface area contributed by atoms with Gasteiger partial charge in [-0.05, 0) is 25.0 Å². The fraction of sp³-hybridized carbons (Fsp3) is 0.333. The van der Waals surface area contributed by atoms with Crippen LogP contribution in [-0.4, -0.2) is 6.04 Å². The summed E-state index contributed by atoms with van der Waals surface area (Å²) in [6.07, 6.45) is 1.07. The molecule has 0 fully saturated rings. The Hall–Kier alpha value is -0.690. The predicted molar refractivity (Wildman–Crippen MR) is 47.9 cm³/mol. The normalized spacial score (nSPS) is 22.0. The summed E-state index contributed by atoms with van der Waals surface area (Å²) < 4.78 is 1.81. The van der Waals surface area contributed by atoms with Crippen LogP contribution >= 0.6 is 11.8 Å². The third-order valence-electron chi connectivity index (χ3n) is 2.12. The molecule has 2 rings (SSSR count). The number of para-hydroxylation sites is 1. The highest BCUT2D eigenvalue weighted by molar-refractivity contribution is 6.26. The third kappa shape index (κ3) is 1.000. The second-order valence-electron chi connectivity index (χ2n) is 2.99. The molecule has 58 valence electrons. The number of rotatable bonds is 0. The van der Waals surface area contributed by atoms with E-state index >= 15 is 0 Å². The molecule has 0 amide bonds. The number of anilines is 1. The molecule has 1 aliphatic rings.